The van der Waals surface area contributed by atoms with Gasteiger partial charge < -0.3 is 5.32 Å². The zero-order valence-electron chi connectivity index (χ0n) is 11.7. The van der Waals surface area contributed by atoms with Crippen molar-refractivity contribution in [1.29, 1.82) is 0 Å². The van der Waals surface area contributed by atoms with Gasteiger partial charge in [-0.05, 0) is 23.8 Å². The molecule has 0 saturated carbocycles. The predicted molar refractivity (Wildman–Crippen MR) is 78.8 cm³/mol. The SMILES string of the molecule is CNc1ccnc(CN2C(=O)Cc3ccccc3C2=O)c1. The number of amides is 2. The first-order valence-electron chi connectivity index (χ1n) is 6.74. The number of carbonyl (C=O) groups excluding carboxylic acids is 2. The fourth-order valence-electron chi connectivity index (χ4n) is 2.44. The summed E-state index contributed by atoms with van der Waals surface area (Å²) in [7, 11) is 1.81. The normalized spacial score (nSPS) is 14.0. The number of anilines is 1. The van der Waals surface area contributed by atoms with Crippen LogP contribution >= 0.6 is 0 Å². The molecule has 1 aliphatic heterocycles. The quantitative estimate of drug-likeness (QED) is 0.872. The Labute approximate surface area is 122 Å². The van der Waals surface area contributed by atoms with Crippen molar-refractivity contribution in [3.05, 3.63) is 59.4 Å². The Morgan fingerprint density at radius 2 is 2.05 bits per heavy atom. The minimum absolute atomic E-state index is 0.185. The van der Waals surface area contributed by atoms with Crippen LogP contribution in [0, 0.1) is 0 Å². The van der Waals surface area contributed by atoms with Crippen LogP contribution in [0.2, 0.25) is 0 Å². The molecular weight excluding hydrogens is 266 g/mol. The van der Waals surface area contributed by atoms with Gasteiger partial charge in [-0.15, -0.1) is 0 Å². The van der Waals surface area contributed by atoms with Crippen LogP contribution in [-0.4, -0.2) is 28.7 Å². The highest BCUT2D eigenvalue weighted by Gasteiger charge is 2.30. The Morgan fingerprint density at radius 1 is 1.24 bits per heavy atom. The summed E-state index contributed by atoms with van der Waals surface area (Å²) in [6, 6.07) is 10.9. The van der Waals surface area contributed by atoms with E-state index in [1.807, 2.05) is 37.4 Å². The van der Waals surface area contributed by atoms with E-state index in [2.05, 4.69) is 10.3 Å². The molecule has 2 aromatic rings. The van der Waals surface area contributed by atoms with Crippen LogP contribution < -0.4 is 5.32 Å². The number of pyridine rings is 1. The Hall–Kier alpha value is -2.69. The summed E-state index contributed by atoms with van der Waals surface area (Å²) < 4.78 is 0. The number of hydrogen-bond donors (Lipinski definition) is 1. The number of fused-ring (bicyclic) bond motifs is 1. The van der Waals surface area contributed by atoms with Gasteiger partial charge in [0.05, 0.1) is 18.7 Å². The third kappa shape index (κ3) is 2.50. The maximum atomic E-state index is 12.4. The van der Waals surface area contributed by atoms with Gasteiger partial charge in [0.15, 0.2) is 0 Å². The van der Waals surface area contributed by atoms with Crippen molar-refractivity contribution in [2.45, 2.75) is 13.0 Å². The molecule has 2 heterocycles. The van der Waals surface area contributed by atoms with Crippen LogP contribution in [0.4, 0.5) is 5.69 Å². The maximum Gasteiger partial charge on any atom is 0.261 e. The zero-order chi connectivity index (χ0) is 14.8. The molecule has 0 fully saturated rings. The summed E-state index contributed by atoms with van der Waals surface area (Å²) in [5, 5.41) is 3.01. The lowest BCUT2D eigenvalue weighted by molar-refractivity contribution is -0.128. The highest BCUT2D eigenvalue weighted by Crippen LogP contribution is 2.21. The summed E-state index contributed by atoms with van der Waals surface area (Å²) in [5.74, 6) is -0.436. The van der Waals surface area contributed by atoms with Gasteiger partial charge in [0.1, 0.15) is 0 Å². The number of nitrogens with one attached hydrogen (secondary N) is 1. The molecule has 5 heteroatoms. The molecule has 0 spiro atoms. The molecule has 0 aliphatic carbocycles. The highest BCUT2D eigenvalue weighted by molar-refractivity contribution is 6.09. The monoisotopic (exact) mass is 281 g/mol. The predicted octanol–water partition coefficient (Wildman–Crippen LogP) is 1.85. The average molecular weight is 281 g/mol. The lowest BCUT2D eigenvalue weighted by Crippen LogP contribution is -2.41. The van der Waals surface area contributed by atoms with Gasteiger partial charge in [-0.25, -0.2) is 0 Å². The number of imide groups is 1. The average Bonchev–Trinajstić information content (AvgIpc) is 2.51. The molecule has 1 N–H and O–H groups in total. The number of hydrogen-bond acceptors (Lipinski definition) is 4. The molecule has 0 atom stereocenters. The molecule has 106 valence electrons. The summed E-state index contributed by atoms with van der Waals surface area (Å²) in [6.45, 7) is 0.196. The molecule has 2 amide bonds. The smallest absolute Gasteiger partial charge is 0.261 e. The van der Waals surface area contributed by atoms with Crippen molar-refractivity contribution in [2.24, 2.45) is 0 Å². The maximum absolute atomic E-state index is 12.4. The van der Waals surface area contributed by atoms with Crippen LogP contribution in [0.15, 0.2) is 42.6 Å². The third-order valence-electron chi connectivity index (χ3n) is 3.56. The second-order valence-electron chi connectivity index (χ2n) is 4.90. The van der Waals surface area contributed by atoms with Crippen molar-refractivity contribution in [3.63, 3.8) is 0 Å². The Balaban J connectivity index is 1.89. The van der Waals surface area contributed by atoms with Crippen molar-refractivity contribution < 1.29 is 9.59 Å². The van der Waals surface area contributed by atoms with E-state index in [4.69, 9.17) is 0 Å². The van der Waals surface area contributed by atoms with E-state index in [0.29, 0.717) is 11.3 Å². The van der Waals surface area contributed by atoms with Crippen LogP contribution in [0.3, 0.4) is 0 Å². The standard InChI is InChI=1S/C16H15N3O2/c1-17-12-6-7-18-13(9-12)10-19-15(20)8-11-4-2-3-5-14(11)16(19)21/h2-7,9H,8,10H2,1H3,(H,17,18). The van der Waals surface area contributed by atoms with E-state index >= 15 is 0 Å². The number of nitrogens with zero attached hydrogens (tertiary/aromatic N) is 2. The number of aromatic nitrogens is 1. The lowest BCUT2D eigenvalue weighted by atomic mass is 9.98. The van der Waals surface area contributed by atoms with Gasteiger partial charge >= 0.3 is 0 Å². The van der Waals surface area contributed by atoms with Crippen LogP contribution in [0.1, 0.15) is 21.6 Å². The van der Waals surface area contributed by atoms with E-state index in [1.165, 1.54) is 4.90 Å². The van der Waals surface area contributed by atoms with Gasteiger partial charge in [0.25, 0.3) is 5.91 Å². The number of benzene rings is 1. The molecule has 0 radical (unpaired) electrons. The summed E-state index contributed by atoms with van der Waals surface area (Å²) in [4.78, 5) is 30.1. The zero-order valence-corrected chi connectivity index (χ0v) is 11.7. The minimum atomic E-state index is -0.251. The minimum Gasteiger partial charge on any atom is -0.388 e. The second-order valence-corrected chi connectivity index (χ2v) is 4.90. The van der Waals surface area contributed by atoms with E-state index < -0.39 is 0 Å². The molecule has 21 heavy (non-hydrogen) atoms. The van der Waals surface area contributed by atoms with Crippen LogP contribution in [0.5, 0.6) is 0 Å². The summed E-state index contributed by atoms with van der Waals surface area (Å²) >= 11 is 0. The summed E-state index contributed by atoms with van der Waals surface area (Å²) in [5.41, 5.74) is 2.97. The summed E-state index contributed by atoms with van der Waals surface area (Å²) in [6.07, 6.45) is 1.92. The first kappa shape index (κ1) is 13.3. The van der Waals surface area contributed by atoms with E-state index in [0.717, 1.165) is 11.3 Å². The van der Waals surface area contributed by atoms with E-state index in [1.54, 1.807) is 12.3 Å². The first-order chi connectivity index (χ1) is 10.2. The molecule has 3 rings (SSSR count). The molecule has 0 unspecified atom stereocenters. The molecule has 0 saturated heterocycles. The van der Waals surface area contributed by atoms with Crippen molar-refractivity contribution in [2.75, 3.05) is 12.4 Å². The molecule has 5 nitrogen and oxygen atoms in total. The van der Waals surface area contributed by atoms with Gasteiger partial charge in [0.2, 0.25) is 5.91 Å². The van der Waals surface area contributed by atoms with E-state index in [9.17, 15) is 9.59 Å². The van der Waals surface area contributed by atoms with Gasteiger partial charge in [-0.2, -0.15) is 0 Å². The van der Waals surface area contributed by atoms with Crippen molar-refractivity contribution in [1.82, 2.24) is 9.88 Å². The van der Waals surface area contributed by atoms with Crippen LogP contribution in [-0.2, 0) is 17.8 Å². The fourth-order valence-corrected chi connectivity index (χ4v) is 2.44. The molecule has 0 bridgehead atoms. The number of rotatable bonds is 3. The van der Waals surface area contributed by atoms with E-state index in [-0.39, 0.29) is 24.8 Å². The molecular formula is C16H15N3O2. The molecule has 1 aromatic carbocycles. The number of carbonyl (C=O) groups is 2. The second kappa shape index (κ2) is 5.36. The Morgan fingerprint density at radius 3 is 2.86 bits per heavy atom. The molecule has 1 aromatic heterocycles. The van der Waals surface area contributed by atoms with Gasteiger partial charge in [0, 0.05) is 24.5 Å². The Bertz CT molecular complexity index is 712. The van der Waals surface area contributed by atoms with Gasteiger partial charge in [-0.1, -0.05) is 18.2 Å². The molecule has 1 aliphatic rings. The third-order valence-corrected chi connectivity index (χ3v) is 3.56. The highest BCUT2D eigenvalue weighted by atomic mass is 16.2. The fraction of sp³-hybridized carbons (Fsp3) is 0.188. The Kier molecular flexibility index (Phi) is 3.39. The van der Waals surface area contributed by atoms with Gasteiger partial charge in [-0.3, -0.25) is 19.5 Å². The lowest BCUT2D eigenvalue weighted by Gasteiger charge is -2.26. The van der Waals surface area contributed by atoms with Crippen LogP contribution in [0.25, 0.3) is 0 Å². The van der Waals surface area contributed by atoms with Crippen molar-refractivity contribution in [3.8, 4) is 0 Å². The first-order valence-corrected chi connectivity index (χ1v) is 6.74. The largest absolute Gasteiger partial charge is 0.388 e. The topological polar surface area (TPSA) is 62.3 Å². The van der Waals surface area contributed by atoms with Crippen molar-refractivity contribution >= 4 is 17.5 Å².